The molecule has 7 nitrogen and oxygen atoms in total. The molecular weight excluding hydrogens is 338 g/mol. The lowest BCUT2D eigenvalue weighted by molar-refractivity contribution is -0.384. The van der Waals surface area contributed by atoms with Gasteiger partial charge in [0.05, 0.1) is 28.2 Å². The first-order chi connectivity index (χ1) is 11.4. The van der Waals surface area contributed by atoms with Crippen molar-refractivity contribution in [3.63, 3.8) is 0 Å². The number of non-ortho nitro benzene ring substituents is 1. The molecule has 0 N–H and O–H groups in total. The highest BCUT2D eigenvalue weighted by atomic mass is 35.5. The lowest BCUT2D eigenvalue weighted by atomic mass is 10.1. The first-order valence-electron chi connectivity index (χ1n) is 6.70. The molecule has 2 aromatic rings. The van der Waals surface area contributed by atoms with Crippen molar-refractivity contribution in [2.24, 2.45) is 0 Å². The van der Waals surface area contributed by atoms with Crippen LogP contribution < -0.4 is 0 Å². The fraction of sp³-hybridized carbons (Fsp3) is 0.125. The number of halogens is 1. The molecule has 2 aromatic carbocycles. The van der Waals surface area contributed by atoms with Crippen LogP contribution in [0.1, 0.15) is 26.3 Å². The third-order valence-electron chi connectivity index (χ3n) is 3.10. The maximum absolute atomic E-state index is 12.0. The molecule has 0 aromatic heterocycles. The number of ether oxygens (including phenoxy) is 2. The van der Waals surface area contributed by atoms with Gasteiger partial charge in [0.15, 0.2) is 0 Å². The molecule has 0 aliphatic carbocycles. The topological polar surface area (TPSA) is 95.7 Å². The van der Waals surface area contributed by atoms with Crippen LogP contribution in [0.4, 0.5) is 5.69 Å². The molecule has 0 saturated carbocycles. The largest absolute Gasteiger partial charge is 0.465 e. The van der Waals surface area contributed by atoms with Crippen LogP contribution in [0.25, 0.3) is 0 Å². The van der Waals surface area contributed by atoms with Gasteiger partial charge in [0.2, 0.25) is 0 Å². The van der Waals surface area contributed by atoms with Crippen molar-refractivity contribution >= 4 is 29.2 Å². The zero-order valence-electron chi connectivity index (χ0n) is 12.5. The van der Waals surface area contributed by atoms with E-state index in [1.54, 1.807) is 18.2 Å². The molecule has 0 amide bonds. The zero-order valence-corrected chi connectivity index (χ0v) is 13.3. The summed E-state index contributed by atoms with van der Waals surface area (Å²) < 4.78 is 9.73. The number of nitro groups is 1. The van der Waals surface area contributed by atoms with Gasteiger partial charge in [-0.1, -0.05) is 23.7 Å². The van der Waals surface area contributed by atoms with E-state index in [4.69, 9.17) is 16.3 Å². The highest BCUT2D eigenvalue weighted by molar-refractivity contribution is 6.33. The maximum Gasteiger partial charge on any atom is 0.339 e. The molecule has 0 aliphatic heterocycles. The van der Waals surface area contributed by atoms with Crippen LogP contribution >= 0.6 is 11.6 Å². The minimum absolute atomic E-state index is 0.0198. The van der Waals surface area contributed by atoms with Gasteiger partial charge in [0, 0.05) is 12.1 Å². The van der Waals surface area contributed by atoms with Crippen LogP contribution in [0.15, 0.2) is 42.5 Å². The maximum atomic E-state index is 12.0. The summed E-state index contributed by atoms with van der Waals surface area (Å²) in [6.07, 6.45) is 0. The number of hydrogen-bond donors (Lipinski definition) is 0. The highest BCUT2D eigenvalue weighted by Gasteiger charge is 2.16. The number of rotatable bonds is 5. The fourth-order valence-corrected chi connectivity index (χ4v) is 2.17. The number of carbonyl (C=O) groups is 2. The van der Waals surface area contributed by atoms with Crippen LogP contribution in [-0.2, 0) is 16.1 Å². The Kier molecular flexibility index (Phi) is 5.49. The van der Waals surface area contributed by atoms with E-state index in [1.165, 1.54) is 25.3 Å². The molecule has 0 saturated heterocycles. The Morgan fingerprint density at radius 2 is 1.92 bits per heavy atom. The second kappa shape index (κ2) is 7.56. The summed E-state index contributed by atoms with van der Waals surface area (Å²) in [5, 5.41) is 10.6. The average Bonchev–Trinajstić information content (AvgIpc) is 2.59. The standard InChI is InChI=1S/C16H12ClNO6/c1-23-15(19)11-4-2-3-10(7-11)9-24-16(20)13-6-5-12(18(21)22)8-14(13)17/h2-8H,9H2,1H3. The van der Waals surface area contributed by atoms with E-state index in [9.17, 15) is 19.7 Å². The van der Waals surface area contributed by atoms with E-state index < -0.39 is 16.9 Å². The fourth-order valence-electron chi connectivity index (χ4n) is 1.92. The van der Waals surface area contributed by atoms with E-state index in [-0.39, 0.29) is 22.9 Å². The van der Waals surface area contributed by atoms with Crippen LogP contribution in [0.3, 0.4) is 0 Å². The van der Waals surface area contributed by atoms with E-state index >= 15 is 0 Å². The van der Waals surface area contributed by atoms with Gasteiger partial charge in [-0.3, -0.25) is 10.1 Å². The number of esters is 2. The Balaban J connectivity index is 2.08. The van der Waals surface area contributed by atoms with E-state index in [0.29, 0.717) is 11.1 Å². The minimum Gasteiger partial charge on any atom is -0.465 e. The summed E-state index contributed by atoms with van der Waals surface area (Å²) >= 11 is 5.87. The number of nitrogens with zero attached hydrogens (tertiary/aromatic N) is 1. The van der Waals surface area contributed by atoms with Crippen LogP contribution in [0.5, 0.6) is 0 Å². The van der Waals surface area contributed by atoms with Gasteiger partial charge in [-0.25, -0.2) is 9.59 Å². The molecule has 124 valence electrons. The second-order valence-corrected chi connectivity index (χ2v) is 5.10. The number of benzene rings is 2. The third-order valence-corrected chi connectivity index (χ3v) is 3.41. The number of methoxy groups -OCH3 is 1. The van der Waals surface area contributed by atoms with Gasteiger partial charge < -0.3 is 9.47 Å². The van der Waals surface area contributed by atoms with Gasteiger partial charge >= 0.3 is 11.9 Å². The second-order valence-electron chi connectivity index (χ2n) is 4.69. The Morgan fingerprint density at radius 1 is 1.17 bits per heavy atom. The van der Waals surface area contributed by atoms with Crippen molar-refractivity contribution < 1.29 is 24.0 Å². The van der Waals surface area contributed by atoms with Crippen molar-refractivity contribution in [2.75, 3.05) is 7.11 Å². The summed E-state index contributed by atoms with van der Waals surface area (Å²) in [6, 6.07) is 9.90. The Labute approximate surface area is 141 Å². The zero-order chi connectivity index (χ0) is 17.7. The molecule has 2 rings (SSSR count). The average molecular weight is 350 g/mol. The summed E-state index contributed by atoms with van der Waals surface area (Å²) in [6.45, 7) is -0.0863. The van der Waals surface area contributed by atoms with Gasteiger partial charge in [-0.15, -0.1) is 0 Å². The van der Waals surface area contributed by atoms with Crippen molar-refractivity contribution in [1.29, 1.82) is 0 Å². The highest BCUT2D eigenvalue weighted by Crippen LogP contribution is 2.23. The van der Waals surface area contributed by atoms with Crippen LogP contribution in [0, 0.1) is 10.1 Å². The number of carbonyl (C=O) groups excluding carboxylic acids is 2. The van der Waals surface area contributed by atoms with Crippen LogP contribution in [0.2, 0.25) is 5.02 Å². The summed E-state index contributed by atoms with van der Waals surface area (Å²) in [7, 11) is 1.27. The molecule has 0 radical (unpaired) electrons. The summed E-state index contributed by atoms with van der Waals surface area (Å²) in [5.74, 6) is -1.22. The molecule has 0 unspecified atom stereocenters. The number of hydrogen-bond acceptors (Lipinski definition) is 6. The quantitative estimate of drug-likeness (QED) is 0.466. The Morgan fingerprint density at radius 3 is 2.54 bits per heavy atom. The first-order valence-corrected chi connectivity index (χ1v) is 7.08. The molecule has 0 bridgehead atoms. The normalized spacial score (nSPS) is 10.1. The van der Waals surface area contributed by atoms with E-state index in [1.807, 2.05) is 0 Å². The summed E-state index contributed by atoms with van der Waals surface area (Å²) in [5.41, 5.74) is 0.720. The molecule has 0 fully saturated rings. The van der Waals surface area contributed by atoms with Gasteiger partial charge in [0.25, 0.3) is 5.69 Å². The van der Waals surface area contributed by atoms with Gasteiger partial charge in [0.1, 0.15) is 6.61 Å². The minimum atomic E-state index is -0.724. The van der Waals surface area contributed by atoms with Crippen molar-refractivity contribution in [2.45, 2.75) is 6.61 Å². The molecule has 8 heteroatoms. The first kappa shape index (κ1) is 17.4. The number of nitro benzene ring substituents is 1. The van der Waals surface area contributed by atoms with E-state index in [2.05, 4.69) is 4.74 Å². The van der Waals surface area contributed by atoms with Crippen LogP contribution in [-0.4, -0.2) is 24.0 Å². The Bertz CT molecular complexity index is 805. The van der Waals surface area contributed by atoms with Crippen molar-refractivity contribution in [3.05, 3.63) is 74.3 Å². The Hall–Kier alpha value is -2.93. The van der Waals surface area contributed by atoms with Gasteiger partial charge in [-0.2, -0.15) is 0 Å². The lowest BCUT2D eigenvalue weighted by Crippen LogP contribution is -2.07. The molecule has 0 atom stereocenters. The smallest absolute Gasteiger partial charge is 0.339 e. The molecule has 24 heavy (non-hydrogen) atoms. The molecule has 0 spiro atoms. The predicted octanol–water partition coefficient (Wildman–Crippen LogP) is 3.39. The van der Waals surface area contributed by atoms with E-state index in [0.717, 1.165) is 6.07 Å². The molecule has 0 heterocycles. The van der Waals surface area contributed by atoms with Crippen molar-refractivity contribution in [3.8, 4) is 0 Å². The monoisotopic (exact) mass is 349 g/mol. The third kappa shape index (κ3) is 4.08. The SMILES string of the molecule is COC(=O)c1cccc(COC(=O)c2ccc([N+](=O)[O-])cc2Cl)c1. The lowest BCUT2D eigenvalue weighted by Gasteiger charge is -2.07. The molecular formula is C16H12ClNO6. The summed E-state index contributed by atoms with van der Waals surface area (Å²) in [4.78, 5) is 33.5. The predicted molar refractivity (Wildman–Crippen MR) is 85.0 cm³/mol. The van der Waals surface area contributed by atoms with Crippen molar-refractivity contribution in [1.82, 2.24) is 0 Å². The molecule has 0 aliphatic rings. The van der Waals surface area contributed by atoms with Gasteiger partial charge in [-0.05, 0) is 23.8 Å².